The summed E-state index contributed by atoms with van der Waals surface area (Å²) in [6.07, 6.45) is 6.89. The van der Waals surface area contributed by atoms with Crippen LogP contribution in [0.25, 0.3) is 10.9 Å². The zero-order valence-corrected chi connectivity index (χ0v) is 49.3. The van der Waals surface area contributed by atoms with Crippen molar-refractivity contribution in [1.29, 1.82) is 0 Å². The lowest BCUT2D eigenvalue weighted by Crippen LogP contribution is -2.60. The number of carbonyl (C=O) groups excluding carboxylic acids is 9. The summed E-state index contributed by atoms with van der Waals surface area (Å²) in [7, 11) is 0. The molecular weight excluding hydrogens is 1110 g/mol. The lowest BCUT2D eigenvalue weighted by atomic mass is 10.0. The third kappa shape index (κ3) is 28.8. The van der Waals surface area contributed by atoms with Gasteiger partial charge in [-0.25, -0.2) is 0 Å². The molecule has 2 rings (SSSR count). The van der Waals surface area contributed by atoms with Crippen LogP contribution in [0.4, 0.5) is 0 Å². The largest absolute Gasteiger partial charge is 0.370 e. The monoisotopic (exact) mass is 1200 g/mol. The first-order valence-corrected chi connectivity index (χ1v) is 30.0. The standard InChI is InChI=1S/C52H92N20O9S2/c1-83-27-20-40(71-47(78)39(18-11-25-64-52(60)61)69-45(76)36(17-10-24-63-51(58)59)66-42(73)19-26-62-44(75)33(56)30-82)49(80)68-38(16-6-9-23-55)48(79)72-41(28-31-29-65-34-13-3-2-12-32(31)34)50(81)70-37(15-5-8-22-54)46(77)67-35(43(57)74)14-4-7-21-53/h2-3,12-13,29,33,35-41,65,82H,4-11,14-28,30,53-56H2,1H3,(H2,57,74)(H,62,75)(H,66,73)(H,67,77)(H,68,80)(H,69,76)(H,70,81)(H,71,78)(H,72,79)(H4,58,59,63)(H4,60,61,64). The fourth-order valence-electron chi connectivity index (χ4n) is 8.49. The van der Waals surface area contributed by atoms with E-state index in [2.05, 4.69) is 70.1 Å². The molecule has 0 aliphatic heterocycles. The van der Waals surface area contributed by atoms with Crippen LogP contribution in [0.3, 0.4) is 0 Å². The number of hydrogen-bond donors (Lipinski definition) is 19. The fourth-order valence-corrected chi connectivity index (χ4v) is 9.13. The van der Waals surface area contributed by atoms with Gasteiger partial charge in [0.05, 0.1) is 6.04 Å². The molecule has 27 N–H and O–H groups in total. The van der Waals surface area contributed by atoms with Crippen molar-refractivity contribution in [2.45, 2.75) is 151 Å². The molecule has 1 heterocycles. The number of amides is 9. The molecular formula is C52H92N20O9S2. The number of thioether (sulfide) groups is 1. The summed E-state index contributed by atoms with van der Waals surface area (Å²) in [6, 6.07) is -2.24. The normalized spacial score (nSPS) is 14.0. The molecule has 8 unspecified atom stereocenters. The van der Waals surface area contributed by atoms with Crippen molar-refractivity contribution in [3.8, 4) is 0 Å². The molecule has 0 bridgehead atoms. The first-order chi connectivity index (χ1) is 39.7. The molecule has 0 aliphatic rings. The number of carbonyl (C=O) groups is 9. The minimum Gasteiger partial charge on any atom is -0.370 e. The van der Waals surface area contributed by atoms with Gasteiger partial charge in [-0.2, -0.15) is 24.4 Å². The number of H-pyrrole nitrogens is 1. The van der Waals surface area contributed by atoms with Crippen LogP contribution in [-0.4, -0.2) is 175 Å². The highest BCUT2D eigenvalue weighted by atomic mass is 32.2. The first-order valence-electron chi connectivity index (χ1n) is 28.0. The van der Waals surface area contributed by atoms with Crippen LogP contribution in [0.15, 0.2) is 40.4 Å². The van der Waals surface area contributed by atoms with Crippen molar-refractivity contribution < 1.29 is 43.2 Å². The molecule has 0 aliphatic carbocycles. The summed E-state index contributed by atoms with van der Waals surface area (Å²) < 4.78 is 0. The molecule has 31 heteroatoms. The number of thiol groups is 1. The zero-order valence-electron chi connectivity index (χ0n) is 47.6. The zero-order chi connectivity index (χ0) is 61.7. The number of hydrogen-bond acceptors (Lipinski definition) is 17. The number of benzene rings is 1. The summed E-state index contributed by atoms with van der Waals surface area (Å²) in [4.78, 5) is 135. The number of aromatic nitrogens is 1. The Bertz CT molecular complexity index is 2420. The Morgan fingerprint density at radius 2 is 0.952 bits per heavy atom. The van der Waals surface area contributed by atoms with Crippen LogP contribution in [0.1, 0.15) is 102 Å². The molecule has 8 atom stereocenters. The summed E-state index contributed by atoms with van der Waals surface area (Å²) in [6.45, 7) is 1.00. The van der Waals surface area contributed by atoms with Crippen LogP contribution < -0.4 is 94.1 Å². The smallest absolute Gasteiger partial charge is 0.243 e. The second kappa shape index (κ2) is 41.1. The summed E-state index contributed by atoms with van der Waals surface area (Å²) >= 11 is 5.39. The third-order valence-corrected chi connectivity index (χ3v) is 14.1. The van der Waals surface area contributed by atoms with Gasteiger partial charge < -0.3 is 99.1 Å². The van der Waals surface area contributed by atoms with E-state index in [1.165, 1.54) is 11.8 Å². The number of guanidine groups is 2. The molecule has 29 nitrogen and oxygen atoms in total. The van der Waals surface area contributed by atoms with Gasteiger partial charge >= 0.3 is 0 Å². The minimum atomic E-state index is -1.34. The van der Waals surface area contributed by atoms with Gasteiger partial charge in [0, 0.05) is 55.3 Å². The Morgan fingerprint density at radius 1 is 0.542 bits per heavy atom. The molecule has 0 spiro atoms. The van der Waals surface area contributed by atoms with Crippen LogP contribution in [0.2, 0.25) is 0 Å². The number of nitrogens with one attached hydrogen (secondary N) is 9. The number of aliphatic imine (C=N–C) groups is 2. The molecule has 0 saturated carbocycles. The van der Waals surface area contributed by atoms with Gasteiger partial charge in [-0.1, -0.05) is 18.2 Å². The Balaban J connectivity index is 2.55. The van der Waals surface area contributed by atoms with E-state index < -0.39 is 101 Å². The van der Waals surface area contributed by atoms with Crippen LogP contribution in [0, 0.1) is 0 Å². The van der Waals surface area contributed by atoms with E-state index in [1.807, 2.05) is 24.3 Å². The third-order valence-electron chi connectivity index (χ3n) is 13.1. The van der Waals surface area contributed by atoms with Gasteiger partial charge in [0.25, 0.3) is 0 Å². The summed E-state index contributed by atoms with van der Waals surface area (Å²) in [5.41, 5.74) is 52.2. The predicted octanol–water partition coefficient (Wildman–Crippen LogP) is -4.40. The van der Waals surface area contributed by atoms with Crippen molar-refractivity contribution in [3.05, 3.63) is 36.0 Å². The number of unbranched alkanes of at least 4 members (excludes halogenated alkanes) is 3. The van der Waals surface area contributed by atoms with Crippen molar-refractivity contribution in [1.82, 2.24) is 47.5 Å². The molecule has 0 fully saturated rings. The van der Waals surface area contributed by atoms with Crippen LogP contribution >= 0.6 is 24.4 Å². The van der Waals surface area contributed by atoms with Crippen molar-refractivity contribution in [2.75, 3.05) is 57.0 Å². The van der Waals surface area contributed by atoms with E-state index in [9.17, 15) is 43.2 Å². The lowest BCUT2D eigenvalue weighted by molar-refractivity contribution is -0.136. The van der Waals surface area contributed by atoms with Crippen LogP contribution in [-0.2, 0) is 49.6 Å². The van der Waals surface area contributed by atoms with E-state index in [-0.39, 0.29) is 108 Å². The van der Waals surface area contributed by atoms with Gasteiger partial charge in [-0.3, -0.25) is 53.1 Å². The maximum absolute atomic E-state index is 14.7. The highest BCUT2D eigenvalue weighted by molar-refractivity contribution is 7.98. The molecule has 466 valence electrons. The number of nitrogens with zero attached hydrogens (tertiary/aromatic N) is 2. The summed E-state index contributed by atoms with van der Waals surface area (Å²) in [5.74, 6) is -6.34. The Morgan fingerprint density at radius 3 is 1.40 bits per heavy atom. The number of nitrogens with two attached hydrogens (primary N) is 9. The van der Waals surface area contributed by atoms with E-state index in [1.54, 1.807) is 12.5 Å². The fraction of sp³-hybridized carbons (Fsp3) is 0.635. The van der Waals surface area contributed by atoms with E-state index in [0.717, 1.165) is 10.9 Å². The van der Waals surface area contributed by atoms with E-state index in [4.69, 9.17) is 51.6 Å². The minimum absolute atomic E-state index is 0.0162. The Kier molecular flexibility index (Phi) is 35.8. The number of fused-ring (bicyclic) bond motifs is 1. The highest BCUT2D eigenvalue weighted by Gasteiger charge is 2.34. The molecule has 1 aromatic carbocycles. The number of aromatic amines is 1. The van der Waals surface area contributed by atoms with E-state index >= 15 is 0 Å². The number of primary amides is 1. The van der Waals surface area contributed by atoms with Gasteiger partial charge in [0.2, 0.25) is 53.2 Å². The maximum atomic E-state index is 14.7. The van der Waals surface area contributed by atoms with Crippen molar-refractivity contribution in [3.63, 3.8) is 0 Å². The molecule has 2 aromatic rings. The second-order valence-corrected chi connectivity index (χ2v) is 21.2. The van der Waals surface area contributed by atoms with Crippen LogP contribution in [0.5, 0.6) is 0 Å². The SMILES string of the molecule is CSCCC(NC(=O)C(CCCN=C(N)N)NC(=O)C(CCCN=C(N)N)NC(=O)CCNC(=O)C(N)CS)C(=O)NC(CCCCN)C(=O)NC(Cc1c[nH]c2ccccc12)C(=O)NC(CCCCN)C(=O)NC(CCCCN)C(N)=O. The highest BCUT2D eigenvalue weighted by Crippen LogP contribution is 2.20. The van der Waals surface area contributed by atoms with Gasteiger partial charge in [-0.05, 0) is 133 Å². The summed E-state index contributed by atoms with van der Waals surface area (Å²) in [5, 5.41) is 22.5. The molecule has 83 heavy (non-hydrogen) atoms. The molecule has 9 amide bonds. The Hall–Kier alpha value is -6.93. The average Bonchev–Trinajstić information content (AvgIpc) is 4.16. The number of para-hydroxylation sites is 1. The van der Waals surface area contributed by atoms with Crippen molar-refractivity contribution >= 4 is 100 Å². The van der Waals surface area contributed by atoms with Gasteiger partial charge in [0.1, 0.15) is 42.3 Å². The second-order valence-electron chi connectivity index (χ2n) is 19.8. The quantitative estimate of drug-likeness (QED) is 0.0129. The topological polar surface area (TPSA) is 525 Å². The lowest BCUT2D eigenvalue weighted by Gasteiger charge is -2.28. The van der Waals surface area contributed by atoms with Gasteiger partial charge in [0.15, 0.2) is 11.9 Å². The molecule has 1 aromatic heterocycles. The van der Waals surface area contributed by atoms with Gasteiger partial charge in [-0.15, -0.1) is 0 Å². The maximum Gasteiger partial charge on any atom is 0.243 e. The number of rotatable bonds is 44. The van der Waals surface area contributed by atoms with E-state index in [0.29, 0.717) is 62.9 Å². The Labute approximate surface area is 494 Å². The predicted molar refractivity (Wildman–Crippen MR) is 326 cm³/mol. The molecule has 0 radical (unpaired) electrons. The molecule has 0 saturated heterocycles. The first kappa shape index (κ1) is 72.2. The average molecular weight is 1210 g/mol. The van der Waals surface area contributed by atoms with Crippen molar-refractivity contribution in [2.24, 2.45) is 61.6 Å².